The molecule has 0 spiro atoms. The van der Waals surface area contributed by atoms with Crippen LogP contribution in [0.1, 0.15) is 31.9 Å². The Balaban J connectivity index is 2.77. The highest BCUT2D eigenvalue weighted by Gasteiger charge is 2.11. The number of ether oxygens (including phenoxy) is 1. The summed E-state index contributed by atoms with van der Waals surface area (Å²) in [6.07, 6.45) is -0.360. The molecule has 0 fully saturated rings. The van der Waals surface area contributed by atoms with Gasteiger partial charge in [0.15, 0.2) is 0 Å². The summed E-state index contributed by atoms with van der Waals surface area (Å²) >= 11 is 0. The third kappa shape index (κ3) is 3.53. The van der Waals surface area contributed by atoms with E-state index in [1.807, 2.05) is 25.1 Å². The van der Waals surface area contributed by atoms with Crippen molar-refractivity contribution in [3.05, 3.63) is 29.8 Å². The Labute approximate surface area is 90.3 Å². The minimum atomic E-state index is -0.504. The van der Waals surface area contributed by atoms with Gasteiger partial charge in [0, 0.05) is 5.56 Å². The quantitative estimate of drug-likeness (QED) is 0.780. The Bertz CT molecular complexity index is 297. The smallest absolute Gasteiger partial charge is 0.125 e. The van der Waals surface area contributed by atoms with Crippen LogP contribution in [0.3, 0.4) is 0 Å². The Hall–Kier alpha value is -1.06. The molecule has 2 atom stereocenters. The van der Waals surface area contributed by atoms with E-state index >= 15 is 0 Å². The van der Waals surface area contributed by atoms with Gasteiger partial charge in [0.25, 0.3) is 0 Å². The fourth-order valence-corrected chi connectivity index (χ4v) is 1.32. The van der Waals surface area contributed by atoms with Crippen molar-refractivity contribution >= 4 is 0 Å². The van der Waals surface area contributed by atoms with Crippen molar-refractivity contribution in [1.29, 1.82) is 0 Å². The van der Waals surface area contributed by atoms with Gasteiger partial charge in [0.2, 0.25) is 0 Å². The van der Waals surface area contributed by atoms with Gasteiger partial charge in [-0.15, -0.1) is 0 Å². The second-order valence-corrected chi connectivity index (χ2v) is 3.62. The first-order chi connectivity index (χ1) is 7.15. The topological polar surface area (TPSA) is 49.7 Å². The highest BCUT2D eigenvalue weighted by atomic mass is 16.5. The lowest BCUT2D eigenvalue weighted by molar-refractivity contribution is 0.116. The van der Waals surface area contributed by atoms with Crippen LogP contribution in [0.4, 0.5) is 0 Å². The standard InChI is InChI=1S/C12H18O3/c1-3-11(14)10-6-4-5-7-12(10)15-8-9(2)13/h4-7,9,11,13-14H,3,8H2,1-2H3/t9?,11-/m0/s1. The van der Waals surface area contributed by atoms with E-state index in [1.165, 1.54) is 0 Å². The molecule has 0 saturated carbocycles. The molecule has 3 nitrogen and oxygen atoms in total. The maximum Gasteiger partial charge on any atom is 0.125 e. The lowest BCUT2D eigenvalue weighted by Gasteiger charge is -2.15. The fourth-order valence-electron chi connectivity index (χ4n) is 1.32. The first-order valence-corrected chi connectivity index (χ1v) is 5.23. The first-order valence-electron chi connectivity index (χ1n) is 5.23. The second-order valence-electron chi connectivity index (χ2n) is 3.62. The monoisotopic (exact) mass is 210 g/mol. The highest BCUT2D eigenvalue weighted by Crippen LogP contribution is 2.26. The Morgan fingerprint density at radius 1 is 1.27 bits per heavy atom. The van der Waals surface area contributed by atoms with Gasteiger partial charge in [-0.2, -0.15) is 0 Å². The Morgan fingerprint density at radius 2 is 1.93 bits per heavy atom. The van der Waals surface area contributed by atoms with Gasteiger partial charge in [0.05, 0.1) is 12.2 Å². The molecule has 15 heavy (non-hydrogen) atoms. The molecule has 1 unspecified atom stereocenters. The molecule has 0 radical (unpaired) electrons. The van der Waals surface area contributed by atoms with E-state index < -0.39 is 12.2 Å². The van der Waals surface area contributed by atoms with Crippen molar-refractivity contribution < 1.29 is 14.9 Å². The molecule has 0 heterocycles. The van der Waals surface area contributed by atoms with E-state index in [1.54, 1.807) is 13.0 Å². The van der Waals surface area contributed by atoms with E-state index in [2.05, 4.69) is 0 Å². The third-order valence-corrected chi connectivity index (χ3v) is 2.14. The average molecular weight is 210 g/mol. The number of benzene rings is 1. The molecule has 3 heteroatoms. The van der Waals surface area contributed by atoms with Crippen molar-refractivity contribution in [3.8, 4) is 5.75 Å². The van der Waals surface area contributed by atoms with Gasteiger partial charge in [-0.3, -0.25) is 0 Å². The number of aliphatic hydroxyl groups is 2. The van der Waals surface area contributed by atoms with E-state index in [0.29, 0.717) is 12.2 Å². The van der Waals surface area contributed by atoms with Crippen LogP contribution < -0.4 is 4.74 Å². The minimum absolute atomic E-state index is 0.243. The van der Waals surface area contributed by atoms with Gasteiger partial charge in [-0.05, 0) is 19.4 Å². The average Bonchev–Trinajstić information content (AvgIpc) is 2.25. The normalized spacial score (nSPS) is 14.7. The first kappa shape index (κ1) is 12.0. The molecule has 0 aliphatic rings. The maximum absolute atomic E-state index is 9.73. The molecular formula is C12H18O3. The van der Waals surface area contributed by atoms with Crippen LogP contribution in [0.5, 0.6) is 5.75 Å². The molecule has 1 aromatic rings. The van der Waals surface area contributed by atoms with Crippen molar-refractivity contribution in [2.75, 3.05) is 6.61 Å². The Kier molecular flexibility index (Phi) is 4.59. The zero-order chi connectivity index (χ0) is 11.3. The molecule has 0 aliphatic heterocycles. The molecular weight excluding hydrogens is 192 g/mol. The molecule has 0 bridgehead atoms. The van der Waals surface area contributed by atoms with Crippen molar-refractivity contribution in [3.63, 3.8) is 0 Å². The van der Waals surface area contributed by atoms with E-state index in [0.717, 1.165) is 5.56 Å². The highest BCUT2D eigenvalue weighted by molar-refractivity contribution is 5.34. The summed E-state index contributed by atoms with van der Waals surface area (Å²) in [5, 5.41) is 18.8. The zero-order valence-electron chi connectivity index (χ0n) is 9.18. The van der Waals surface area contributed by atoms with Crippen LogP contribution in [0, 0.1) is 0 Å². The molecule has 0 aromatic heterocycles. The summed E-state index contributed by atoms with van der Waals surface area (Å²) in [6.45, 7) is 3.82. The fraction of sp³-hybridized carbons (Fsp3) is 0.500. The number of aliphatic hydroxyl groups excluding tert-OH is 2. The molecule has 0 saturated heterocycles. The maximum atomic E-state index is 9.73. The molecule has 0 aliphatic carbocycles. The van der Waals surface area contributed by atoms with Crippen LogP contribution in [-0.2, 0) is 0 Å². The van der Waals surface area contributed by atoms with Gasteiger partial charge in [0.1, 0.15) is 12.4 Å². The second kappa shape index (κ2) is 5.73. The number of hydrogen-bond donors (Lipinski definition) is 2. The van der Waals surface area contributed by atoms with E-state index in [9.17, 15) is 5.11 Å². The van der Waals surface area contributed by atoms with Crippen LogP contribution in [-0.4, -0.2) is 22.9 Å². The van der Waals surface area contributed by atoms with Crippen molar-refractivity contribution in [1.82, 2.24) is 0 Å². The molecule has 1 aromatic carbocycles. The molecule has 1 rings (SSSR count). The number of rotatable bonds is 5. The van der Waals surface area contributed by atoms with Gasteiger partial charge < -0.3 is 14.9 Å². The summed E-state index contributed by atoms with van der Waals surface area (Å²) in [5.41, 5.74) is 0.778. The van der Waals surface area contributed by atoms with Crippen molar-refractivity contribution in [2.45, 2.75) is 32.5 Å². The summed E-state index contributed by atoms with van der Waals surface area (Å²) in [4.78, 5) is 0. The van der Waals surface area contributed by atoms with Crippen LogP contribution in [0.15, 0.2) is 24.3 Å². The zero-order valence-corrected chi connectivity index (χ0v) is 9.18. The van der Waals surface area contributed by atoms with Gasteiger partial charge >= 0.3 is 0 Å². The molecule has 84 valence electrons. The van der Waals surface area contributed by atoms with E-state index in [4.69, 9.17) is 9.84 Å². The van der Waals surface area contributed by atoms with E-state index in [-0.39, 0.29) is 6.61 Å². The molecule has 0 amide bonds. The summed E-state index contributed by atoms with van der Waals surface area (Å²) in [6, 6.07) is 7.36. The third-order valence-electron chi connectivity index (χ3n) is 2.14. The lowest BCUT2D eigenvalue weighted by Crippen LogP contribution is -2.14. The predicted octanol–water partition coefficient (Wildman–Crippen LogP) is 1.89. The van der Waals surface area contributed by atoms with Gasteiger partial charge in [-0.25, -0.2) is 0 Å². The van der Waals surface area contributed by atoms with Crippen LogP contribution in [0.2, 0.25) is 0 Å². The number of para-hydroxylation sites is 1. The van der Waals surface area contributed by atoms with Crippen molar-refractivity contribution in [2.24, 2.45) is 0 Å². The summed E-state index contributed by atoms with van der Waals surface area (Å²) in [7, 11) is 0. The minimum Gasteiger partial charge on any atom is -0.491 e. The largest absolute Gasteiger partial charge is 0.491 e. The summed E-state index contributed by atoms with van der Waals surface area (Å²) < 4.78 is 5.41. The Morgan fingerprint density at radius 3 is 2.53 bits per heavy atom. The SMILES string of the molecule is CC[C@H](O)c1ccccc1OCC(C)O. The summed E-state index contributed by atoms with van der Waals surface area (Å²) in [5.74, 6) is 0.646. The number of hydrogen-bond acceptors (Lipinski definition) is 3. The van der Waals surface area contributed by atoms with Crippen LogP contribution in [0.25, 0.3) is 0 Å². The van der Waals surface area contributed by atoms with Crippen LogP contribution >= 0.6 is 0 Å². The van der Waals surface area contributed by atoms with Gasteiger partial charge in [-0.1, -0.05) is 25.1 Å². The lowest BCUT2D eigenvalue weighted by atomic mass is 10.1. The predicted molar refractivity (Wildman–Crippen MR) is 58.9 cm³/mol. The molecule has 2 N–H and O–H groups in total.